The van der Waals surface area contributed by atoms with Gasteiger partial charge in [0, 0.05) is 12.0 Å². The van der Waals surface area contributed by atoms with E-state index in [0.717, 1.165) is 37.1 Å². The smallest absolute Gasteiger partial charge is 0.227 e. The lowest BCUT2D eigenvalue weighted by Gasteiger charge is -2.25. The maximum absolute atomic E-state index is 12.2. The molecule has 112 valence electrons. The molecule has 1 fully saturated rings. The summed E-state index contributed by atoms with van der Waals surface area (Å²) in [6, 6.07) is 7.69. The van der Waals surface area contributed by atoms with Crippen molar-refractivity contribution in [2.24, 2.45) is 11.7 Å². The normalized spacial score (nSPS) is 21.7. The summed E-state index contributed by atoms with van der Waals surface area (Å²) in [7, 11) is 0. The first-order valence-corrected chi connectivity index (χ1v) is 6.99. The molecule has 0 bridgehead atoms. The number of nitrogens with one attached hydrogen (secondary N) is 1. The molecular weight excluding hydrogens is 276 g/mol. The summed E-state index contributed by atoms with van der Waals surface area (Å²) in [5.74, 6) is 0.805. The number of nitrogens with two attached hydrogens (primary N) is 1. The highest BCUT2D eigenvalue weighted by Crippen LogP contribution is 2.28. The first kappa shape index (κ1) is 16.8. The monoisotopic (exact) mass is 298 g/mol. The minimum Gasteiger partial charge on any atom is -0.492 e. The molecule has 5 heteroatoms. The van der Waals surface area contributed by atoms with Crippen LogP contribution in [-0.2, 0) is 4.79 Å². The van der Waals surface area contributed by atoms with Crippen molar-refractivity contribution in [2.45, 2.75) is 38.6 Å². The molecule has 20 heavy (non-hydrogen) atoms. The molecule has 0 saturated heterocycles. The van der Waals surface area contributed by atoms with E-state index in [1.807, 2.05) is 31.2 Å². The SMILES string of the molecule is CCOc1ccccc1NC(=O)C1CCCC(N)C1.Cl. The minimum atomic E-state index is 0. The van der Waals surface area contributed by atoms with Gasteiger partial charge in [0.15, 0.2) is 0 Å². The largest absolute Gasteiger partial charge is 0.492 e. The standard InChI is InChI=1S/C15H22N2O2.ClH/c1-2-19-14-9-4-3-8-13(14)17-15(18)11-6-5-7-12(16)10-11;/h3-4,8-9,11-12H,2,5-7,10,16H2,1H3,(H,17,18);1H. The van der Waals surface area contributed by atoms with Gasteiger partial charge in [0.2, 0.25) is 5.91 Å². The van der Waals surface area contributed by atoms with E-state index in [1.165, 1.54) is 0 Å². The van der Waals surface area contributed by atoms with Gasteiger partial charge in [-0.2, -0.15) is 0 Å². The number of benzene rings is 1. The first-order valence-electron chi connectivity index (χ1n) is 6.99. The van der Waals surface area contributed by atoms with Gasteiger partial charge in [0.05, 0.1) is 12.3 Å². The average Bonchev–Trinajstić information content (AvgIpc) is 2.41. The van der Waals surface area contributed by atoms with Crippen LogP contribution in [0.4, 0.5) is 5.69 Å². The van der Waals surface area contributed by atoms with Crippen molar-refractivity contribution < 1.29 is 9.53 Å². The van der Waals surface area contributed by atoms with Crippen LogP contribution in [0.15, 0.2) is 24.3 Å². The number of hydrogen-bond donors (Lipinski definition) is 2. The van der Waals surface area contributed by atoms with Crippen LogP contribution in [0.2, 0.25) is 0 Å². The van der Waals surface area contributed by atoms with E-state index in [-0.39, 0.29) is 30.3 Å². The Hall–Kier alpha value is -1.26. The highest BCUT2D eigenvalue weighted by atomic mass is 35.5. The Kier molecular flexibility index (Phi) is 6.82. The maximum atomic E-state index is 12.2. The van der Waals surface area contributed by atoms with E-state index >= 15 is 0 Å². The van der Waals surface area contributed by atoms with Crippen LogP contribution in [-0.4, -0.2) is 18.6 Å². The predicted octanol–water partition coefficient (Wildman–Crippen LogP) is 2.96. The summed E-state index contributed by atoms with van der Waals surface area (Å²) < 4.78 is 5.51. The molecule has 2 unspecified atom stereocenters. The quantitative estimate of drug-likeness (QED) is 0.898. The van der Waals surface area contributed by atoms with E-state index in [1.54, 1.807) is 0 Å². The number of carbonyl (C=O) groups is 1. The topological polar surface area (TPSA) is 64.3 Å². The molecule has 0 aliphatic heterocycles. The summed E-state index contributed by atoms with van der Waals surface area (Å²) in [5.41, 5.74) is 6.67. The number of halogens is 1. The molecule has 4 nitrogen and oxygen atoms in total. The molecule has 1 aliphatic carbocycles. The zero-order valence-electron chi connectivity index (χ0n) is 11.8. The van der Waals surface area contributed by atoms with E-state index in [9.17, 15) is 4.79 Å². The van der Waals surface area contributed by atoms with Crippen LogP contribution < -0.4 is 15.8 Å². The highest BCUT2D eigenvalue weighted by Gasteiger charge is 2.25. The number of para-hydroxylation sites is 2. The third-order valence-corrected chi connectivity index (χ3v) is 3.53. The number of carbonyl (C=O) groups excluding carboxylic acids is 1. The molecule has 0 heterocycles. The third kappa shape index (κ3) is 4.39. The fraction of sp³-hybridized carbons (Fsp3) is 0.533. The van der Waals surface area contributed by atoms with Gasteiger partial charge in [-0.15, -0.1) is 12.4 Å². The Labute approximate surface area is 126 Å². The molecule has 1 aromatic carbocycles. The van der Waals surface area contributed by atoms with Crippen LogP contribution >= 0.6 is 12.4 Å². The molecule has 1 aliphatic rings. The minimum absolute atomic E-state index is 0. The highest BCUT2D eigenvalue weighted by molar-refractivity contribution is 5.94. The Balaban J connectivity index is 0.00000200. The van der Waals surface area contributed by atoms with Gasteiger partial charge in [-0.3, -0.25) is 4.79 Å². The molecule has 1 aromatic rings. The van der Waals surface area contributed by atoms with Crippen LogP contribution in [0.5, 0.6) is 5.75 Å². The summed E-state index contributed by atoms with van der Waals surface area (Å²) in [5, 5.41) is 2.97. The fourth-order valence-electron chi connectivity index (χ4n) is 2.55. The van der Waals surface area contributed by atoms with Gasteiger partial charge >= 0.3 is 0 Å². The third-order valence-electron chi connectivity index (χ3n) is 3.53. The van der Waals surface area contributed by atoms with Crippen LogP contribution in [0.25, 0.3) is 0 Å². The second kappa shape index (κ2) is 8.12. The Morgan fingerprint density at radius 1 is 1.40 bits per heavy atom. The molecule has 3 N–H and O–H groups in total. The van der Waals surface area contributed by atoms with Crippen molar-refractivity contribution in [1.82, 2.24) is 0 Å². The summed E-state index contributed by atoms with van der Waals surface area (Å²) in [6.45, 7) is 2.51. The average molecular weight is 299 g/mol. The summed E-state index contributed by atoms with van der Waals surface area (Å²) in [6.07, 6.45) is 3.77. The van der Waals surface area contributed by atoms with Crippen molar-refractivity contribution in [1.29, 1.82) is 0 Å². The number of amides is 1. The second-order valence-electron chi connectivity index (χ2n) is 5.04. The summed E-state index contributed by atoms with van der Waals surface area (Å²) in [4.78, 5) is 12.2. The van der Waals surface area contributed by atoms with Gasteiger partial charge in [-0.1, -0.05) is 18.6 Å². The molecular formula is C15H23ClN2O2. The molecule has 0 spiro atoms. The lowest BCUT2D eigenvalue weighted by molar-refractivity contribution is -0.120. The number of ether oxygens (including phenoxy) is 1. The lowest BCUT2D eigenvalue weighted by atomic mass is 9.85. The number of hydrogen-bond acceptors (Lipinski definition) is 3. The van der Waals surface area contributed by atoms with E-state index in [0.29, 0.717) is 6.61 Å². The molecule has 1 amide bonds. The van der Waals surface area contributed by atoms with Crippen molar-refractivity contribution >= 4 is 24.0 Å². The summed E-state index contributed by atoms with van der Waals surface area (Å²) >= 11 is 0. The Bertz CT molecular complexity index is 440. The molecule has 2 rings (SSSR count). The van der Waals surface area contributed by atoms with Crippen molar-refractivity contribution in [3.63, 3.8) is 0 Å². The van der Waals surface area contributed by atoms with Gasteiger partial charge in [-0.25, -0.2) is 0 Å². The first-order chi connectivity index (χ1) is 9.20. The van der Waals surface area contributed by atoms with Crippen LogP contribution in [0.3, 0.4) is 0 Å². The van der Waals surface area contributed by atoms with Crippen LogP contribution in [0.1, 0.15) is 32.6 Å². The zero-order chi connectivity index (χ0) is 13.7. The van der Waals surface area contributed by atoms with E-state index < -0.39 is 0 Å². The maximum Gasteiger partial charge on any atom is 0.227 e. The van der Waals surface area contributed by atoms with Gasteiger partial charge in [0.25, 0.3) is 0 Å². The van der Waals surface area contributed by atoms with Crippen molar-refractivity contribution in [3.8, 4) is 5.75 Å². The zero-order valence-corrected chi connectivity index (χ0v) is 12.6. The van der Waals surface area contributed by atoms with E-state index in [4.69, 9.17) is 10.5 Å². The molecule has 0 aromatic heterocycles. The van der Waals surface area contributed by atoms with Crippen LogP contribution in [0, 0.1) is 5.92 Å². The second-order valence-corrected chi connectivity index (χ2v) is 5.04. The Morgan fingerprint density at radius 2 is 2.15 bits per heavy atom. The fourth-order valence-corrected chi connectivity index (χ4v) is 2.55. The van der Waals surface area contributed by atoms with Gasteiger partial charge < -0.3 is 15.8 Å². The predicted molar refractivity (Wildman–Crippen MR) is 83.4 cm³/mol. The van der Waals surface area contributed by atoms with E-state index in [2.05, 4.69) is 5.32 Å². The van der Waals surface area contributed by atoms with Crippen molar-refractivity contribution in [2.75, 3.05) is 11.9 Å². The molecule has 0 radical (unpaired) electrons. The number of anilines is 1. The van der Waals surface area contributed by atoms with Gasteiger partial charge in [0.1, 0.15) is 5.75 Å². The van der Waals surface area contributed by atoms with Crippen molar-refractivity contribution in [3.05, 3.63) is 24.3 Å². The Morgan fingerprint density at radius 3 is 2.85 bits per heavy atom. The number of rotatable bonds is 4. The lowest BCUT2D eigenvalue weighted by Crippen LogP contribution is -2.34. The molecule has 1 saturated carbocycles. The van der Waals surface area contributed by atoms with Gasteiger partial charge in [-0.05, 0) is 38.3 Å². The molecule has 2 atom stereocenters.